The van der Waals surface area contributed by atoms with E-state index in [9.17, 15) is 4.79 Å². The van der Waals surface area contributed by atoms with E-state index in [-0.39, 0.29) is 22.5 Å². The number of ether oxygens (including phenoxy) is 2. The minimum absolute atomic E-state index is 0.00748. The molecule has 36 heavy (non-hydrogen) atoms. The van der Waals surface area contributed by atoms with Gasteiger partial charge in [-0.2, -0.15) is 4.39 Å². The molecule has 1 heterocycles. The first-order chi connectivity index (χ1) is 16.1. The van der Waals surface area contributed by atoms with E-state index in [0.29, 0.717) is 12.1 Å². The monoisotopic (exact) mass is 523 g/mol. The maximum Gasteiger partial charge on any atom is 0.498 e. The van der Waals surface area contributed by atoms with Crippen LogP contribution in [0.3, 0.4) is 0 Å². The Morgan fingerprint density at radius 3 is 2.03 bits per heavy atom. The number of nitrogens with one attached hydrogen (secondary N) is 1. The molecule has 6 nitrogen and oxygen atoms in total. The average Bonchev–Trinajstić information content (AvgIpc) is 2.86. The van der Waals surface area contributed by atoms with Crippen LogP contribution >= 0.6 is 0 Å². The summed E-state index contributed by atoms with van der Waals surface area (Å²) in [7, 11) is -0.948. The molecule has 1 amide bonds. The van der Waals surface area contributed by atoms with Crippen molar-refractivity contribution in [3.63, 3.8) is 0 Å². The van der Waals surface area contributed by atoms with Gasteiger partial charge in [-0.15, -0.1) is 0 Å². The number of amides is 1. The zero-order chi connectivity index (χ0) is 27.9. The Balaban J connectivity index is 2.58. The molecule has 1 fully saturated rings. The molecule has 0 bridgehead atoms. The molecule has 0 unspecified atom stereocenters. The molecular formula is C27H47BFNO5Si. The van der Waals surface area contributed by atoms with Gasteiger partial charge in [-0.25, -0.2) is 0 Å². The van der Waals surface area contributed by atoms with Crippen LogP contribution in [0, 0.1) is 11.2 Å². The number of halogens is 1. The molecule has 9 heteroatoms. The van der Waals surface area contributed by atoms with Gasteiger partial charge in [0.05, 0.1) is 30.5 Å². The summed E-state index contributed by atoms with van der Waals surface area (Å²) >= 11 is 0. The molecule has 1 aromatic rings. The van der Waals surface area contributed by atoms with Gasteiger partial charge < -0.3 is 24.1 Å². The van der Waals surface area contributed by atoms with E-state index in [2.05, 4.69) is 45.7 Å². The summed E-state index contributed by atoms with van der Waals surface area (Å²) in [6.45, 7) is 25.0. The summed E-state index contributed by atoms with van der Waals surface area (Å²) in [5.74, 6) is -1.28. The standard InChI is InChI=1S/C27H47BFNO5Si/c1-24(2,3)17-25(4,5)30-23(31)18-16-19(28-34-26(6,7)27(8,9)35-28)22(32-10)20(29)21(18)33-14-15-36(11,12)13/h16H,14-15,17H2,1-13H3,(H,30,31). The second-order valence-corrected chi connectivity index (χ2v) is 19.6. The molecule has 0 radical (unpaired) electrons. The number of carbonyl (C=O) groups is 1. The highest BCUT2D eigenvalue weighted by Crippen LogP contribution is 2.39. The van der Waals surface area contributed by atoms with E-state index in [1.54, 1.807) is 6.07 Å². The van der Waals surface area contributed by atoms with E-state index in [1.807, 2.05) is 41.5 Å². The number of rotatable bonds is 9. The third-order valence-electron chi connectivity index (χ3n) is 6.68. The van der Waals surface area contributed by atoms with Crippen molar-refractivity contribution in [2.24, 2.45) is 5.41 Å². The largest absolute Gasteiger partial charge is 0.498 e. The first-order valence-electron chi connectivity index (χ1n) is 12.8. The number of hydrogen-bond donors (Lipinski definition) is 1. The van der Waals surface area contributed by atoms with Crippen LogP contribution in [0.25, 0.3) is 0 Å². The van der Waals surface area contributed by atoms with Crippen molar-refractivity contribution in [1.82, 2.24) is 5.32 Å². The molecule has 0 atom stereocenters. The fraction of sp³-hybridized carbons (Fsp3) is 0.741. The highest BCUT2D eigenvalue weighted by molar-refractivity contribution is 6.76. The molecule has 0 saturated carbocycles. The van der Waals surface area contributed by atoms with Crippen molar-refractivity contribution in [2.75, 3.05) is 13.7 Å². The minimum atomic E-state index is -1.44. The Morgan fingerprint density at radius 2 is 1.58 bits per heavy atom. The Labute approximate surface area is 219 Å². The van der Waals surface area contributed by atoms with Crippen molar-refractivity contribution < 1.29 is 28.0 Å². The molecular weight excluding hydrogens is 476 g/mol. The van der Waals surface area contributed by atoms with E-state index < -0.39 is 43.7 Å². The van der Waals surface area contributed by atoms with Crippen molar-refractivity contribution in [1.29, 1.82) is 0 Å². The summed E-state index contributed by atoms with van der Waals surface area (Å²) in [5, 5.41) is 3.09. The first-order valence-corrected chi connectivity index (χ1v) is 16.5. The van der Waals surface area contributed by atoms with E-state index in [1.165, 1.54) is 7.11 Å². The normalized spacial score (nSPS) is 17.8. The van der Waals surface area contributed by atoms with Crippen molar-refractivity contribution in [3.8, 4) is 11.5 Å². The molecule has 1 saturated heterocycles. The molecule has 1 aliphatic rings. The van der Waals surface area contributed by atoms with Crippen molar-refractivity contribution in [3.05, 3.63) is 17.4 Å². The molecule has 1 N–H and O–H groups in total. The highest BCUT2D eigenvalue weighted by Gasteiger charge is 2.53. The van der Waals surface area contributed by atoms with Crippen LogP contribution in [-0.2, 0) is 9.31 Å². The van der Waals surface area contributed by atoms with Gasteiger partial charge in [0.1, 0.15) is 0 Å². The van der Waals surface area contributed by atoms with E-state index in [0.717, 1.165) is 12.5 Å². The van der Waals surface area contributed by atoms with Crippen LogP contribution in [0.15, 0.2) is 6.07 Å². The summed E-state index contributed by atoms with van der Waals surface area (Å²) in [5.41, 5.74) is -1.37. The summed E-state index contributed by atoms with van der Waals surface area (Å²) in [6, 6.07) is 2.42. The van der Waals surface area contributed by atoms with Crippen LogP contribution < -0.4 is 20.3 Å². The van der Waals surface area contributed by atoms with Crippen LogP contribution in [0.1, 0.15) is 79.1 Å². The lowest BCUT2D eigenvalue weighted by molar-refractivity contribution is 0.00578. The lowest BCUT2D eigenvalue weighted by Gasteiger charge is -2.33. The maximum atomic E-state index is 16.0. The smallest absolute Gasteiger partial charge is 0.494 e. The zero-order valence-corrected chi connectivity index (χ0v) is 25.7. The molecule has 0 spiro atoms. The van der Waals surface area contributed by atoms with Crippen molar-refractivity contribution in [2.45, 2.75) is 111 Å². The molecule has 0 aliphatic carbocycles. The van der Waals surface area contributed by atoms with E-state index >= 15 is 4.39 Å². The summed E-state index contributed by atoms with van der Waals surface area (Å²) < 4.78 is 39.8. The second kappa shape index (κ2) is 10.3. The van der Waals surface area contributed by atoms with Crippen LogP contribution in [-0.4, -0.2) is 51.6 Å². The summed E-state index contributed by atoms with van der Waals surface area (Å²) in [6.07, 6.45) is 0.736. The number of methoxy groups -OCH3 is 1. The fourth-order valence-corrected chi connectivity index (χ4v) is 5.22. The average molecular weight is 524 g/mol. The van der Waals surface area contributed by atoms with Crippen LogP contribution in [0.5, 0.6) is 11.5 Å². The van der Waals surface area contributed by atoms with Gasteiger partial charge in [0, 0.05) is 19.1 Å². The molecule has 204 valence electrons. The molecule has 0 aromatic heterocycles. The van der Waals surface area contributed by atoms with Gasteiger partial charge in [-0.05, 0) is 65.5 Å². The van der Waals surface area contributed by atoms with Gasteiger partial charge >= 0.3 is 7.12 Å². The molecule has 1 aromatic carbocycles. The second-order valence-electron chi connectivity index (χ2n) is 14.0. The number of benzene rings is 1. The predicted octanol–water partition coefficient (Wildman–Crippen LogP) is 5.80. The van der Waals surface area contributed by atoms with Gasteiger partial charge in [0.2, 0.25) is 5.82 Å². The number of carbonyl (C=O) groups excluding carboxylic acids is 1. The topological polar surface area (TPSA) is 66.0 Å². The van der Waals surface area contributed by atoms with Gasteiger partial charge in [-0.1, -0.05) is 40.4 Å². The molecule has 1 aliphatic heterocycles. The summed E-state index contributed by atoms with van der Waals surface area (Å²) in [4.78, 5) is 13.6. The highest BCUT2D eigenvalue weighted by atomic mass is 28.3. The van der Waals surface area contributed by atoms with Gasteiger partial charge in [0.15, 0.2) is 11.5 Å². The quantitative estimate of drug-likeness (QED) is 0.415. The Morgan fingerprint density at radius 1 is 1.06 bits per heavy atom. The molecule has 2 rings (SSSR count). The Kier molecular flexibility index (Phi) is 8.76. The first kappa shape index (κ1) is 30.6. The number of hydrogen-bond acceptors (Lipinski definition) is 5. The SMILES string of the molecule is COc1c(B2OC(C)(C)C(C)(C)O2)cc(C(=O)NC(C)(C)CC(C)(C)C)c(OCC[Si](C)(C)C)c1F. The van der Waals surface area contributed by atoms with E-state index in [4.69, 9.17) is 18.8 Å². The fourth-order valence-electron chi connectivity index (χ4n) is 4.50. The van der Waals surface area contributed by atoms with Gasteiger partial charge in [-0.3, -0.25) is 4.79 Å². The van der Waals surface area contributed by atoms with Crippen LogP contribution in [0.4, 0.5) is 4.39 Å². The minimum Gasteiger partial charge on any atom is -0.494 e. The lowest BCUT2D eigenvalue weighted by atomic mass is 9.77. The lowest BCUT2D eigenvalue weighted by Crippen LogP contribution is -2.46. The Bertz CT molecular complexity index is 950. The maximum absolute atomic E-state index is 16.0. The third kappa shape index (κ3) is 7.48. The predicted molar refractivity (Wildman–Crippen MR) is 148 cm³/mol. The zero-order valence-electron chi connectivity index (χ0n) is 24.7. The van der Waals surface area contributed by atoms with Gasteiger partial charge in [0.25, 0.3) is 5.91 Å². The van der Waals surface area contributed by atoms with Crippen molar-refractivity contribution >= 4 is 26.6 Å². The Hall–Kier alpha value is -1.58. The third-order valence-corrected chi connectivity index (χ3v) is 8.39. The van der Waals surface area contributed by atoms with Crippen LogP contribution in [0.2, 0.25) is 25.7 Å².